The maximum Gasteiger partial charge on any atom is 0.211 e. The molecule has 0 radical (unpaired) electrons. The van der Waals surface area contributed by atoms with Gasteiger partial charge in [-0.05, 0) is 124 Å². The standard InChI is InChI=1S/C53H86N2/c1-7-13-19-22-25-29-34-46-39-47(35-30-26-23-20-14-8-2)43-49(42-46)52-50(36-28-16-10-4)51(37-31-27-24-21-15-9-3)53(55(52)54)48-40-44(32-17-11-5)38-45(41-48)33-18-12-6/h38-43H,7-37H2,1-6H3. The van der Waals surface area contributed by atoms with Crippen molar-refractivity contribution in [1.29, 1.82) is 0 Å². The molecule has 0 atom stereocenters. The number of benzene rings is 2. The van der Waals surface area contributed by atoms with Crippen LogP contribution >= 0.6 is 0 Å². The van der Waals surface area contributed by atoms with Gasteiger partial charge in [-0.25, -0.2) is 4.70 Å². The summed E-state index contributed by atoms with van der Waals surface area (Å²) in [4.78, 5) is 0. The molecule has 0 N–H and O–H groups in total. The van der Waals surface area contributed by atoms with Gasteiger partial charge in [-0.1, -0.05) is 176 Å². The van der Waals surface area contributed by atoms with Gasteiger partial charge in [-0.3, -0.25) is 0 Å². The summed E-state index contributed by atoms with van der Waals surface area (Å²) in [7, 11) is 0. The van der Waals surface area contributed by atoms with Crippen molar-refractivity contribution in [3.63, 3.8) is 0 Å². The molecule has 0 saturated heterocycles. The van der Waals surface area contributed by atoms with Gasteiger partial charge in [-0.2, -0.15) is 0 Å². The first-order chi connectivity index (χ1) is 27.0. The first-order valence-corrected chi connectivity index (χ1v) is 24.2. The van der Waals surface area contributed by atoms with Crippen LogP contribution in [0.3, 0.4) is 0 Å². The van der Waals surface area contributed by atoms with E-state index in [9.17, 15) is 5.53 Å². The molecule has 0 aliphatic carbocycles. The minimum atomic E-state index is 1.04. The van der Waals surface area contributed by atoms with Crippen LogP contribution in [-0.4, -0.2) is 4.70 Å². The molecule has 0 saturated carbocycles. The quantitative estimate of drug-likeness (QED) is 0.0513. The highest BCUT2D eigenvalue weighted by Crippen LogP contribution is 2.45. The average Bonchev–Trinajstić information content (AvgIpc) is 3.47. The Hall–Kier alpha value is -2.48. The number of aryl methyl sites for hydroxylation is 4. The molecular weight excluding hydrogens is 665 g/mol. The largest absolute Gasteiger partial charge is 0.493 e. The summed E-state index contributed by atoms with van der Waals surface area (Å²) in [5.74, 6) is 0. The molecule has 0 aromatic heterocycles. The van der Waals surface area contributed by atoms with E-state index in [-0.39, 0.29) is 0 Å². The van der Waals surface area contributed by atoms with Crippen LogP contribution in [0, 0.1) is 0 Å². The Balaban J connectivity index is 2.13. The fourth-order valence-corrected chi connectivity index (χ4v) is 8.78. The van der Waals surface area contributed by atoms with Gasteiger partial charge < -0.3 is 5.53 Å². The van der Waals surface area contributed by atoms with Crippen molar-refractivity contribution < 1.29 is 4.70 Å². The lowest BCUT2D eigenvalue weighted by Crippen LogP contribution is -2.05. The van der Waals surface area contributed by atoms with Crippen molar-refractivity contribution in [2.75, 3.05) is 0 Å². The first kappa shape index (κ1) is 46.9. The van der Waals surface area contributed by atoms with E-state index in [1.54, 1.807) is 4.70 Å². The normalized spacial score (nSPS) is 13.2. The Morgan fingerprint density at radius 3 is 0.909 bits per heavy atom. The maximum absolute atomic E-state index is 12.8. The van der Waals surface area contributed by atoms with Crippen molar-refractivity contribution in [3.8, 4) is 0 Å². The van der Waals surface area contributed by atoms with Gasteiger partial charge in [0.05, 0.1) is 0 Å². The zero-order valence-corrected chi connectivity index (χ0v) is 37.3. The van der Waals surface area contributed by atoms with E-state index in [1.807, 2.05) is 0 Å². The van der Waals surface area contributed by atoms with Gasteiger partial charge in [0.25, 0.3) is 0 Å². The Morgan fingerprint density at radius 2 is 0.564 bits per heavy atom. The second-order valence-electron chi connectivity index (χ2n) is 17.3. The summed E-state index contributed by atoms with van der Waals surface area (Å²) in [6.07, 6.45) is 38.7. The molecule has 0 bridgehead atoms. The van der Waals surface area contributed by atoms with E-state index < -0.39 is 0 Å². The van der Waals surface area contributed by atoms with E-state index >= 15 is 0 Å². The molecular formula is C53H86N2. The highest BCUT2D eigenvalue weighted by atomic mass is 15.2. The molecule has 2 nitrogen and oxygen atoms in total. The van der Waals surface area contributed by atoms with Gasteiger partial charge in [0.15, 0.2) is 0 Å². The van der Waals surface area contributed by atoms with Crippen molar-refractivity contribution in [2.45, 2.75) is 241 Å². The van der Waals surface area contributed by atoms with Gasteiger partial charge in [-0.15, -0.1) is 0 Å². The second-order valence-corrected chi connectivity index (χ2v) is 17.3. The predicted molar refractivity (Wildman–Crippen MR) is 244 cm³/mol. The summed E-state index contributed by atoms with van der Waals surface area (Å²) in [5, 5.41) is 0. The molecule has 55 heavy (non-hydrogen) atoms. The zero-order valence-electron chi connectivity index (χ0n) is 37.3. The molecule has 2 heteroatoms. The SMILES string of the molecule is CCCCCCCCC1=C(c2cc(CCCC)cc(CCCC)c2)[N+](=[N-])C(c2cc(CCCCCCCC)cc(CCCCCCCC)c2)=C1CCCCC. The summed E-state index contributed by atoms with van der Waals surface area (Å²) < 4.78 is 1.70. The van der Waals surface area contributed by atoms with Crippen LogP contribution < -0.4 is 0 Å². The number of hydrogen-bond acceptors (Lipinski definition) is 0. The zero-order chi connectivity index (χ0) is 39.5. The molecule has 0 unspecified atom stereocenters. The topological polar surface area (TPSA) is 25.3 Å². The van der Waals surface area contributed by atoms with Crippen molar-refractivity contribution in [3.05, 3.63) is 86.5 Å². The van der Waals surface area contributed by atoms with E-state index in [2.05, 4.69) is 77.9 Å². The van der Waals surface area contributed by atoms with Gasteiger partial charge in [0.1, 0.15) is 0 Å². The molecule has 1 aliphatic rings. The van der Waals surface area contributed by atoms with Crippen LogP contribution in [0.25, 0.3) is 16.9 Å². The third-order valence-corrected chi connectivity index (χ3v) is 12.1. The summed E-state index contributed by atoms with van der Waals surface area (Å²) >= 11 is 0. The van der Waals surface area contributed by atoms with Crippen LogP contribution in [0.4, 0.5) is 0 Å². The minimum absolute atomic E-state index is 1.04. The van der Waals surface area contributed by atoms with Crippen molar-refractivity contribution in [1.82, 2.24) is 0 Å². The maximum atomic E-state index is 12.8. The van der Waals surface area contributed by atoms with Crippen LogP contribution in [0.5, 0.6) is 0 Å². The fourth-order valence-electron chi connectivity index (χ4n) is 8.78. The predicted octanol–water partition coefficient (Wildman–Crippen LogP) is 17.7. The van der Waals surface area contributed by atoms with Crippen molar-refractivity contribution in [2.24, 2.45) is 0 Å². The molecule has 2 aromatic rings. The molecule has 1 heterocycles. The summed E-state index contributed by atoms with van der Waals surface area (Å²) in [5.41, 5.74) is 26.1. The lowest BCUT2D eigenvalue weighted by molar-refractivity contribution is -0.345. The summed E-state index contributed by atoms with van der Waals surface area (Å²) in [6, 6.07) is 14.8. The third-order valence-electron chi connectivity index (χ3n) is 12.1. The van der Waals surface area contributed by atoms with E-state index in [4.69, 9.17) is 0 Å². The Bertz CT molecular complexity index is 1360. The molecule has 0 spiro atoms. The van der Waals surface area contributed by atoms with Crippen LogP contribution in [0.1, 0.15) is 248 Å². The third kappa shape index (κ3) is 16.9. The molecule has 0 fully saturated rings. The highest BCUT2D eigenvalue weighted by molar-refractivity contribution is 5.82. The van der Waals surface area contributed by atoms with Gasteiger partial charge in [0, 0.05) is 22.3 Å². The van der Waals surface area contributed by atoms with Crippen LogP contribution in [0.15, 0.2) is 47.5 Å². The Morgan fingerprint density at radius 1 is 0.309 bits per heavy atom. The molecule has 1 aliphatic heterocycles. The highest BCUT2D eigenvalue weighted by Gasteiger charge is 2.36. The van der Waals surface area contributed by atoms with Crippen molar-refractivity contribution >= 4 is 11.4 Å². The van der Waals surface area contributed by atoms with E-state index in [0.29, 0.717) is 0 Å². The van der Waals surface area contributed by atoms with E-state index in [1.165, 1.54) is 205 Å². The monoisotopic (exact) mass is 751 g/mol. The fraction of sp³-hybridized carbons (Fsp3) is 0.698. The summed E-state index contributed by atoms with van der Waals surface area (Å²) in [6.45, 7) is 13.9. The van der Waals surface area contributed by atoms with Gasteiger partial charge >= 0.3 is 0 Å². The number of unbranched alkanes of at least 4 members (excludes halogenated alkanes) is 19. The second kappa shape index (κ2) is 28.8. The Labute approximate surface area is 342 Å². The first-order valence-electron chi connectivity index (χ1n) is 24.2. The number of hydrogen-bond donors (Lipinski definition) is 0. The number of allylic oxidation sites excluding steroid dienone is 2. The van der Waals surface area contributed by atoms with E-state index in [0.717, 1.165) is 49.9 Å². The molecule has 0 amide bonds. The molecule has 308 valence electrons. The smallest absolute Gasteiger partial charge is 0.211 e. The average molecular weight is 751 g/mol. The molecule has 2 aromatic carbocycles. The van der Waals surface area contributed by atoms with Gasteiger partial charge in [0.2, 0.25) is 11.4 Å². The number of nitrogens with zero attached hydrogens (tertiary/aromatic N) is 2. The lowest BCUT2D eigenvalue weighted by atomic mass is 9.89. The van der Waals surface area contributed by atoms with Crippen LogP contribution in [-0.2, 0) is 25.7 Å². The minimum Gasteiger partial charge on any atom is -0.493 e. The lowest BCUT2D eigenvalue weighted by Gasteiger charge is -2.15. The molecule has 3 rings (SSSR count). The Kier molecular flexibility index (Phi) is 24.6. The van der Waals surface area contributed by atoms with Crippen LogP contribution in [0.2, 0.25) is 0 Å². The number of rotatable bonds is 33.